The fourth-order valence-corrected chi connectivity index (χ4v) is 6.06. The summed E-state index contributed by atoms with van der Waals surface area (Å²) < 4.78 is 11.5. The van der Waals surface area contributed by atoms with Gasteiger partial charge < -0.3 is 29.7 Å². The van der Waals surface area contributed by atoms with Crippen LogP contribution in [0.25, 0.3) is 0 Å². The van der Waals surface area contributed by atoms with E-state index in [1.54, 1.807) is 12.4 Å². The van der Waals surface area contributed by atoms with E-state index in [0.717, 1.165) is 51.1 Å². The van der Waals surface area contributed by atoms with E-state index in [-0.39, 0.29) is 23.9 Å². The van der Waals surface area contributed by atoms with E-state index in [4.69, 9.17) is 15.0 Å². The van der Waals surface area contributed by atoms with Gasteiger partial charge in [-0.2, -0.15) is 4.98 Å². The minimum Gasteiger partial charge on any atom is -0.490 e. The van der Waals surface area contributed by atoms with Crippen LogP contribution in [0.1, 0.15) is 71.5 Å². The lowest BCUT2D eigenvalue weighted by atomic mass is 9.84. The molecule has 2 aromatic rings. The maximum atomic E-state index is 12.5. The highest BCUT2D eigenvalue weighted by Gasteiger charge is 2.39. The molecule has 0 aliphatic carbocycles. The topological polar surface area (TPSA) is 127 Å². The number of rotatable bonds is 9. The van der Waals surface area contributed by atoms with Gasteiger partial charge in [0.05, 0.1) is 25.0 Å². The van der Waals surface area contributed by atoms with Crippen molar-refractivity contribution in [2.24, 2.45) is 23.5 Å². The number of nitrogens with zero attached hydrogens (tertiary/aromatic N) is 7. The van der Waals surface area contributed by atoms with Gasteiger partial charge in [-0.1, -0.05) is 32.9 Å². The molecule has 0 aromatic carbocycles. The normalized spacial score (nSPS) is 25.5. The molecule has 1 amide bonds. The molecule has 0 spiro atoms. The van der Waals surface area contributed by atoms with Gasteiger partial charge in [-0.15, -0.1) is 0 Å². The van der Waals surface area contributed by atoms with Crippen molar-refractivity contribution in [3.8, 4) is 5.75 Å². The van der Waals surface area contributed by atoms with Crippen molar-refractivity contribution in [1.82, 2.24) is 25.0 Å². The van der Waals surface area contributed by atoms with Gasteiger partial charge in [-0.05, 0) is 43.4 Å². The maximum absolute atomic E-state index is 12.5. The number of likely N-dealkylation sites (tertiary alicyclic amines) is 1. The Kier molecular flexibility index (Phi) is 8.54. The van der Waals surface area contributed by atoms with E-state index in [2.05, 4.69) is 57.6 Å². The zero-order valence-corrected chi connectivity index (χ0v) is 23.8. The number of ether oxygens (including phenoxy) is 1. The summed E-state index contributed by atoms with van der Waals surface area (Å²) in [7, 11) is 0. The van der Waals surface area contributed by atoms with Gasteiger partial charge in [0.25, 0.3) is 0 Å². The van der Waals surface area contributed by atoms with Crippen molar-refractivity contribution in [3.05, 3.63) is 18.2 Å². The molecule has 0 radical (unpaired) electrons. The van der Waals surface area contributed by atoms with Gasteiger partial charge in [0.1, 0.15) is 0 Å². The quantitative estimate of drug-likeness (QED) is 0.507. The predicted molar refractivity (Wildman–Crippen MR) is 149 cm³/mol. The summed E-state index contributed by atoms with van der Waals surface area (Å²) in [6.45, 7) is 13.3. The fraction of sp³-hybridized carbons (Fsp3) is 0.750. The van der Waals surface area contributed by atoms with E-state index in [0.29, 0.717) is 61.6 Å². The Morgan fingerprint density at radius 3 is 2.51 bits per heavy atom. The zero-order chi connectivity index (χ0) is 27.5. The van der Waals surface area contributed by atoms with Crippen molar-refractivity contribution in [2.75, 3.05) is 49.1 Å². The minimum atomic E-state index is -0.100. The van der Waals surface area contributed by atoms with Crippen LogP contribution in [0.3, 0.4) is 0 Å². The van der Waals surface area contributed by atoms with E-state index < -0.39 is 0 Å². The summed E-state index contributed by atoms with van der Waals surface area (Å²) in [5.41, 5.74) is 6.45. The van der Waals surface area contributed by atoms with Crippen LogP contribution in [0, 0.1) is 17.8 Å². The molecule has 5 heterocycles. The molecule has 11 nitrogen and oxygen atoms in total. The molecule has 4 atom stereocenters. The molecule has 0 bridgehead atoms. The van der Waals surface area contributed by atoms with Crippen molar-refractivity contribution in [3.63, 3.8) is 0 Å². The Labute approximate surface area is 231 Å². The van der Waals surface area contributed by atoms with E-state index in [9.17, 15) is 4.79 Å². The minimum absolute atomic E-state index is 0.0117. The molecular weight excluding hydrogens is 496 g/mol. The number of hydrogen-bond donors (Lipinski definition) is 1. The van der Waals surface area contributed by atoms with Crippen LogP contribution in [0.4, 0.5) is 12.0 Å². The second-order valence-corrected chi connectivity index (χ2v) is 12.1. The van der Waals surface area contributed by atoms with Gasteiger partial charge in [-0.3, -0.25) is 4.79 Å². The molecule has 2 N–H and O–H groups in total. The second-order valence-electron chi connectivity index (χ2n) is 12.1. The number of amides is 1. The number of nitrogens with two attached hydrogens (primary N) is 1. The van der Waals surface area contributed by atoms with Gasteiger partial charge in [0, 0.05) is 51.1 Å². The molecule has 3 aliphatic heterocycles. The van der Waals surface area contributed by atoms with Crippen LogP contribution in [0.15, 0.2) is 16.9 Å². The predicted octanol–water partition coefficient (Wildman–Crippen LogP) is 3.08. The summed E-state index contributed by atoms with van der Waals surface area (Å²) in [4.78, 5) is 32.4. The standard InChI is InChI=1S/C28H44N8O3/c1-18(2)26-32-28(39-33-26)34-10-7-21(8-11-34)20(4)9-12-38-22-13-30-27(31-14-22)35-16-23(29)24(17-35)36-15-19(3)5-6-25(36)37/h13-14,18-21,23-24H,5-12,15-17,29H2,1-4H3/t19-,20+,23-,24-/m0/s1. The first-order valence-electron chi connectivity index (χ1n) is 14.6. The lowest BCUT2D eigenvalue weighted by Crippen LogP contribution is -2.53. The van der Waals surface area contributed by atoms with Gasteiger partial charge >= 0.3 is 6.01 Å². The molecular formula is C28H44N8O3. The molecule has 3 saturated heterocycles. The number of piperidine rings is 2. The Balaban J connectivity index is 1.05. The van der Waals surface area contributed by atoms with Crippen LogP contribution in [-0.4, -0.2) is 82.3 Å². The van der Waals surface area contributed by atoms with E-state index >= 15 is 0 Å². The fourth-order valence-electron chi connectivity index (χ4n) is 6.06. The molecule has 5 rings (SSSR count). The lowest BCUT2D eigenvalue weighted by molar-refractivity contribution is -0.137. The number of aromatic nitrogens is 4. The largest absolute Gasteiger partial charge is 0.490 e. The number of carbonyl (C=O) groups excluding carboxylic acids is 1. The monoisotopic (exact) mass is 540 g/mol. The number of hydrogen-bond acceptors (Lipinski definition) is 10. The third-order valence-corrected chi connectivity index (χ3v) is 8.71. The second kappa shape index (κ2) is 12.1. The number of carbonyl (C=O) groups is 1. The van der Waals surface area contributed by atoms with Crippen molar-refractivity contribution in [1.29, 1.82) is 0 Å². The molecule has 3 fully saturated rings. The Hall–Kier alpha value is -2.95. The molecule has 2 aromatic heterocycles. The molecule has 3 aliphatic rings. The van der Waals surface area contributed by atoms with Crippen molar-refractivity contribution in [2.45, 2.75) is 77.8 Å². The summed E-state index contributed by atoms with van der Waals surface area (Å²) in [5.74, 6) is 4.30. The molecule has 0 saturated carbocycles. The van der Waals surface area contributed by atoms with Crippen LogP contribution >= 0.6 is 0 Å². The average molecular weight is 541 g/mol. The van der Waals surface area contributed by atoms with Crippen molar-refractivity contribution < 1.29 is 14.1 Å². The summed E-state index contributed by atoms with van der Waals surface area (Å²) in [6, 6.07) is 0.562. The van der Waals surface area contributed by atoms with Gasteiger partial charge in [0.15, 0.2) is 11.6 Å². The van der Waals surface area contributed by atoms with E-state index in [1.807, 2.05) is 4.90 Å². The first-order valence-corrected chi connectivity index (χ1v) is 14.6. The smallest absolute Gasteiger partial charge is 0.324 e. The first kappa shape index (κ1) is 27.6. The van der Waals surface area contributed by atoms with Crippen LogP contribution in [0.5, 0.6) is 5.75 Å². The summed E-state index contributed by atoms with van der Waals surface area (Å²) >= 11 is 0. The highest BCUT2D eigenvalue weighted by Crippen LogP contribution is 2.30. The van der Waals surface area contributed by atoms with Crippen LogP contribution in [-0.2, 0) is 4.79 Å². The zero-order valence-electron chi connectivity index (χ0n) is 23.8. The maximum Gasteiger partial charge on any atom is 0.324 e. The van der Waals surface area contributed by atoms with Gasteiger partial charge in [0.2, 0.25) is 11.9 Å². The van der Waals surface area contributed by atoms with Crippen LogP contribution < -0.4 is 20.3 Å². The molecule has 11 heteroatoms. The van der Waals surface area contributed by atoms with Crippen molar-refractivity contribution >= 4 is 17.9 Å². The molecule has 39 heavy (non-hydrogen) atoms. The highest BCUT2D eigenvalue weighted by molar-refractivity contribution is 5.77. The third kappa shape index (κ3) is 6.45. The Morgan fingerprint density at radius 2 is 1.82 bits per heavy atom. The Bertz CT molecular complexity index is 1080. The molecule has 0 unspecified atom stereocenters. The summed E-state index contributed by atoms with van der Waals surface area (Å²) in [6.07, 6.45) is 8.27. The van der Waals surface area contributed by atoms with Crippen LogP contribution in [0.2, 0.25) is 0 Å². The average Bonchev–Trinajstić information content (AvgIpc) is 3.58. The van der Waals surface area contributed by atoms with E-state index in [1.165, 1.54) is 0 Å². The molecule has 214 valence electrons. The van der Waals surface area contributed by atoms with Gasteiger partial charge in [-0.25, -0.2) is 9.97 Å². The third-order valence-electron chi connectivity index (χ3n) is 8.71. The highest BCUT2D eigenvalue weighted by atomic mass is 16.5. The Morgan fingerprint density at radius 1 is 1.08 bits per heavy atom. The lowest BCUT2D eigenvalue weighted by Gasteiger charge is -2.36. The SMILES string of the molecule is CC(C)c1noc(N2CCC([C@H](C)CCOc3cnc(N4C[C@H](N)[C@@H](N5C[C@@H](C)CCC5=O)C4)nc3)CC2)n1. The first-order chi connectivity index (χ1) is 18.8. The summed E-state index contributed by atoms with van der Waals surface area (Å²) in [5, 5.41) is 4.10. The number of anilines is 2.